The number of nitrogens with two attached hydrogens (primary N) is 1. The number of fused-ring (bicyclic) bond motifs is 5. The van der Waals surface area contributed by atoms with Crippen LogP contribution in [0.1, 0.15) is 22.7 Å². The van der Waals surface area contributed by atoms with Gasteiger partial charge < -0.3 is 11.1 Å². The molecule has 0 saturated carbocycles. The van der Waals surface area contributed by atoms with Crippen LogP contribution in [0.4, 0.5) is 0 Å². The molecule has 0 aromatic heterocycles. The van der Waals surface area contributed by atoms with Gasteiger partial charge in [0.25, 0.3) is 0 Å². The third-order valence-corrected chi connectivity index (χ3v) is 9.11. The van der Waals surface area contributed by atoms with Crippen molar-refractivity contribution in [2.45, 2.75) is 12.6 Å². The maximum atomic E-state index is 6.74. The van der Waals surface area contributed by atoms with Gasteiger partial charge in [-0.15, -0.1) is 0 Å². The van der Waals surface area contributed by atoms with E-state index in [9.17, 15) is 0 Å². The fraction of sp³-hybridized carbons (Fsp3) is 0.0455. The van der Waals surface area contributed by atoms with Gasteiger partial charge in [-0.1, -0.05) is 158 Å². The fourth-order valence-electron chi connectivity index (χ4n) is 6.77. The smallest absolute Gasteiger partial charge is 0.0504 e. The van der Waals surface area contributed by atoms with Crippen LogP contribution in [0.2, 0.25) is 0 Å². The van der Waals surface area contributed by atoms with Crippen LogP contribution >= 0.6 is 0 Å². The van der Waals surface area contributed by atoms with Crippen molar-refractivity contribution in [2.24, 2.45) is 5.73 Å². The van der Waals surface area contributed by atoms with E-state index in [4.69, 9.17) is 5.73 Å². The highest BCUT2D eigenvalue weighted by atomic mass is 14.9. The van der Waals surface area contributed by atoms with E-state index in [1.165, 1.54) is 59.8 Å². The molecule has 0 heterocycles. The minimum absolute atomic E-state index is 0.235. The Morgan fingerprint density at radius 3 is 1.93 bits per heavy atom. The quantitative estimate of drug-likeness (QED) is 0.143. The van der Waals surface area contributed by atoms with Crippen molar-refractivity contribution < 1.29 is 0 Å². The van der Waals surface area contributed by atoms with Gasteiger partial charge in [0.2, 0.25) is 0 Å². The maximum absolute atomic E-state index is 6.74. The molecule has 220 valence electrons. The predicted molar refractivity (Wildman–Crippen MR) is 197 cm³/mol. The topological polar surface area (TPSA) is 38.0 Å². The fourth-order valence-corrected chi connectivity index (χ4v) is 6.77. The molecular formula is C44H34N2. The molecule has 0 saturated heterocycles. The zero-order chi connectivity index (χ0) is 30.9. The van der Waals surface area contributed by atoms with E-state index in [0.717, 1.165) is 16.8 Å². The van der Waals surface area contributed by atoms with Gasteiger partial charge in [0.05, 0.1) is 6.04 Å². The van der Waals surface area contributed by atoms with Gasteiger partial charge in [-0.2, -0.15) is 0 Å². The van der Waals surface area contributed by atoms with Crippen LogP contribution in [-0.4, -0.2) is 0 Å². The van der Waals surface area contributed by atoms with Crippen LogP contribution in [0.5, 0.6) is 0 Å². The first-order valence-electron chi connectivity index (χ1n) is 15.9. The van der Waals surface area contributed by atoms with Gasteiger partial charge in [0, 0.05) is 17.8 Å². The van der Waals surface area contributed by atoms with Crippen LogP contribution in [-0.2, 0) is 6.54 Å². The van der Waals surface area contributed by atoms with Crippen LogP contribution < -0.4 is 11.1 Å². The molecule has 0 aliphatic carbocycles. The summed E-state index contributed by atoms with van der Waals surface area (Å²) in [6.45, 7) is 0.678. The molecular weight excluding hydrogens is 556 g/mol. The van der Waals surface area contributed by atoms with Crippen LogP contribution in [0.25, 0.3) is 59.9 Å². The minimum Gasteiger partial charge on any atom is -0.381 e. The van der Waals surface area contributed by atoms with Gasteiger partial charge in [0.1, 0.15) is 0 Å². The zero-order valence-electron chi connectivity index (χ0n) is 25.5. The largest absolute Gasteiger partial charge is 0.381 e. The monoisotopic (exact) mass is 590 g/mol. The lowest BCUT2D eigenvalue weighted by atomic mass is 9.89. The summed E-state index contributed by atoms with van der Waals surface area (Å²) in [4.78, 5) is 0. The molecule has 0 aliphatic heterocycles. The van der Waals surface area contributed by atoms with E-state index in [2.05, 4.69) is 157 Å². The Balaban J connectivity index is 1.16. The second kappa shape index (κ2) is 12.0. The van der Waals surface area contributed by atoms with E-state index < -0.39 is 0 Å². The molecule has 2 nitrogen and oxygen atoms in total. The first-order chi connectivity index (χ1) is 22.7. The first-order valence-corrected chi connectivity index (χ1v) is 15.9. The molecule has 0 bridgehead atoms. The highest BCUT2D eigenvalue weighted by molar-refractivity contribution is 6.20. The lowest BCUT2D eigenvalue weighted by Gasteiger charge is -2.17. The molecule has 2 heteroatoms. The highest BCUT2D eigenvalue weighted by Crippen LogP contribution is 2.39. The lowest BCUT2D eigenvalue weighted by Crippen LogP contribution is -2.16. The van der Waals surface area contributed by atoms with Crippen molar-refractivity contribution in [3.63, 3.8) is 0 Å². The molecule has 0 fully saturated rings. The van der Waals surface area contributed by atoms with Crippen molar-refractivity contribution in [1.29, 1.82) is 0 Å². The Morgan fingerprint density at radius 1 is 0.522 bits per heavy atom. The second-order valence-electron chi connectivity index (χ2n) is 11.9. The summed E-state index contributed by atoms with van der Waals surface area (Å²) in [5.41, 5.74) is 13.7. The number of hydrogen-bond donors (Lipinski definition) is 2. The molecule has 1 unspecified atom stereocenters. The molecule has 8 rings (SSSR count). The molecule has 3 N–H and O–H groups in total. The average molecular weight is 591 g/mol. The Bertz CT molecular complexity index is 2360. The normalized spacial score (nSPS) is 12.6. The van der Waals surface area contributed by atoms with Crippen LogP contribution in [0, 0.1) is 0 Å². The molecule has 46 heavy (non-hydrogen) atoms. The van der Waals surface area contributed by atoms with E-state index in [0.29, 0.717) is 6.54 Å². The Kier molecular flexibility index (Phi) is 7.26. The highest BCUT2D eigenvalue weighted by Gasteiger charge is 2.13. The maximum Gasteiger partial charge on any atom is 0.0504 e. The van der Waals surface area contributed by atoms with Gasteiger partial charge in [-0.25, -0.2) is 0 Å². The number of nitrogens with one attached hydrogen (secondary N) is 1. The summed E-state index contributed by atoms with van der Waals surface area (Å²) in [5.74, 6) is 0. The first kappa shape index (κ1) is 27.8. The van der Waals surface area contributed by atoms with Gasteiger partial charge >= 0.3 is 0 Å². The molecule has 8 aromatic rings. The van der Waals surface area contributed by atoms with E-state index in [-0.39, 0.29) is 6.04 Å². The van der Waals surface area contributed by atoms with Gasteiger partial charge in [-0.3, -0.25) is 0 Å². The lowest BCUT2D eigenvalue weighted by molar-refractivity contribution is 0.859. The summed E-state index contributed by atoms with van der Waals surface area (Å²) in [5, 5.41) is 13.8. The van der Waals surface area contributed by atoms with Crippen LogP contribution in [0.15, 0.2) is 170 Å². The summed E-state index contributed by atoms with van der Waals surface area (Å²) in [7, 11) is 0. The SMILES string of the molecule is NC(/C=C(\NCc1ccc(-c2c3ccccc3cc3c2ccc2ccccc23)cc1)c1cccc2ccccc12)c1ccccc1. The van der Waals surface area contributed by atoms with Gasteiger partial charge in [0.15, 0.2) is 0 Å². The van der Waals surface area contributed by atoms with E-state index >= 15 is 0 Å². The Hall–Kier alpha value is -5.70. The number of benzene rings is 8. The molecule has 1 atom stereocenters. The summed E-state index contributed by atoms with van der Waals surface area (Å²) in [6, 6.07) is 58.3. The van der Waals surface area contributed by atoms with Crippen molar-refractivity contribution in [1.82, 2.24) is 5.32 Å². The molecule has 0 amide bonds. The van der Waals surface area contributed by atoms with E-state index in [1.807, 2.05) is 18.2 Å². The average Bonchev–Trinajstić information content (AvgIpc) is 3.12. The second-order valence-corrected chi connectivity index (χ2v) is 11.9. The summed E-state index contributed by atoms with van der Waals surface area (Å²) >= 11 is 0. The van der Waals surface area contributed by atoms with Crippen molar-refractivity contribution in [2.75, 3.05) is 0 Å². The van der Waals surface area contributed by atoms with Crippen molar-refractivity contribution >= 4 is 48.8 Å². The van der Waals surface area contributed by atoms with Gasteiger partial charge in [-0.05, 0) is 77.5 Å². The number of rotatable bonds is 7. The zero-order valence-corrected chi connectivity index (χ0v) is 25.5. The molecule has 8 aromatic carbocycles. The summed E-state index contributed by atoms with van der Waals surface area (Å²) in [6.07, 6.45) is 2.15. The summed E-state index contributed by atoms with van der Waals surface area (Å²) < 4.78 is 0. The number of hydrogen-bond acceptors (Lipinski definition) is 2. The third kappa shape index (κ3) is 5.19. The van der Waals surface area contributed by atoms with Crippen molar-refractivity contribution in [3.8, 4) is 11.1 Å². The molecule has 0 aliphatic rings. The van der Waals surface area contributed by atoms with E-state index in [1.54, 1.807) is 0 Å². The van der Waals surface area contributed by atoms with Crippen molar-refractivity contribution in [3.05, 3.63) is 187 Å². The minimum atomic E-state index is -0.235. The standard InChI is InChI=1S/C44H34N2/c45-42(33-13-2-1-3-14-33)28-43(39-20-10-16-31-11-4-7-17-36(31)39)46-29-30-21-23-34(24-22-30)44-38-19-9-6-15-35(38)27-41-37-18-8-5-12-32(37)25-26-40(41)44/h1-28,42,46H,29,45H2/b43-28-. The molecule has 0 spiro atoms. The Morgan fingerprint density at radius 2 is 1.15 bits per heavy atom. The predicted octanol–water partition coefficient (Wildman–Crippen LogP) is 10.8. The third-order valence-electron chi connectivity index (χ3n) is 9.11. The molecule has 0 radical (unpaired) electrons. The van der Waals surface area contributed by atoms with Crippen LogP contribution in [0.3, 0.4) is 0 Å². The Labute approximate surface area is 269 Å².